The number of carbonyl (C=O) groups excluding carboxylic acids is 1. The number of ether oxygens (including phenoxy) is 2. The second kappa shape index (κ2) is 9.67. The minimum atomic E-state index is -0.226. The Bertz CT molecular complexity index is 736. The lowest BCUT2D eigenvalue weighted by atomic mass is 10.1. The van der Waals surface area contributed by atoms with E-state index in [9.17, 15) is 4.79 Å². The average molecular weight is 397 g/mol. The highest BCUT2D eigenvalue weighted by atomic mass is 35.5. The minimum Gasteiger partial charge on any atom is -0.497 e. The predicted octanol–water partition coefficient (Wildman–Crippen LogP) is 3.80. The first-order chi connectivity index (χ1) is 12.4. The van der Waals surface area contributed by atoms with E-state index >= 15 is 0 Å². The van der Waals surface area contributed by atoms with E-state index in [0.717, 1.165) is 11.3 Å². The van der Waals surface area contributed by atoms with Gasteiger partial charge >= 0.3 is 0 Å². The van der Waals surface area contributed by atoms with Crippen molar-refractivity contribution in [3.05, 3.63) is 58.1 Å². The smallest absolute Gasteiger partial charge is 0.258 e. The number of rotatable bonds is 8. The average Bonchev–Trinajstić information content (AvgIpc) is 2.61. The normalized spacial score (nSPS) is 11.9. The Morgan fingerprint density at radius 2 is 1.85 bits per heavy atom. The van der Waals surface area contributed by atoms with E-state index in [2.05, 4.69) is 5.32 Å². The second-order valence-corrected chi connectivity index (χ2v) is 6.76. The van der Waals surface area contributed by atoms with Crippen LogP contribution in [0.25, 0.3) is 0 Å². The van der Waals surface area contributed by atoms with Gasteiger partial charge < -0.3 is 19.7 Å². The van der Waals surface area contributed by atoms with Crippen molar-refractivity contribution in [1.82, 2.24) is 10.2 Å². The molecule has 0 aromatic heterocycles. The van der Waals surface area contributed by atoms with Crippen LogP contribution in [-0.4, -0.2) is 45.2 Å². The molecule has 2 aromatic carbocycles. The number of nitrogens with zero attached hydrogens (tertiary/aromatic N) is 1. The number of likely N-dealkylation sites (N-methyl/N-ethyl adjacent to an activating group) is 1. The first-order valence-corrected chi connectivity index (χ1v) is 8.81. The first-order valence-electron chi connectivity index (χ1n) is 8.05. The van der Waals surface area contributed by atoms with Crippen LogP contribution >= 0.6 is 23.2 Å². The lowest BCUT2D eigenvalue weighted by molar-refractivity contribution is -0.123. The molecule has 1 atom stereocenters. The van der Waals surface area contributed by atoms with Gasteiger partial charge in [0.1, 0.15) is 11.5 Å². The van der Waals surface area contributed by atoms with Gasteiger partial charge in [-0.3, -0.25) is 4.79 Å². The molecule has 0 saturated carbocycles. The molecule has 140 valence electrons. The van der Waals surface area contributed by atoms with Gasteiger partial charge in [-0.05, 0) is 50.0 Å². The summed E-state index contributed by atoms with van der Waals surface area (Å²) in [5, 5.41) is 3.77. The fraction of sp³-hybridized carbons (Fsp3) is 0.316. The Kier molecular flexibility index (Phi) is 7.57. The highest BCUT2D eigenvalue weighted by Gasteiger charge is 2.16. The van der Waals surface area contributed by atoms with Crippen LogP contribution in [0.3, 0.4) is 0 Å². The topological polar surface area (TPSA) is 50.8 Å². The number of hydrogen-bond donors (Lipinski definition) is 1. The molecule has 0 saturated heterocycles. The van der Waals surface area contributed by atoms with E-state index in [1.54, 1.807) is 25.3 Å². The molecule has 5 nitrogen and oxygen atoms in total. The molecule has 1 amide bonds. The van der Waals surface area contributed by atoms with Crippen molar-refractivity contribution < 1.29 is 14.3 Å². The van der Waals surface area contributed by atoms with Gasteiger partial charge in [-0.15, -0.1) is 0 Å². The van der Waals surface area contributed by atoms with Crippen molar-refractivity contribution in [1.29, 1.82) is 0 Å². The van der Waals surface area contributed by atoms with Crippen molar-refractivity contribution >= 4 is 29.1 Å². The lowest BCUT2D eigenvalue weighted by Gasteiger charge is -2.25. The summed E-state index contributed by atoms with van der Waals surface area (Å²) in [6.07, 6.45) is 0. The van der Waals surface area contributed by atoms with Crippen LogP contribution in [0.1, 0.15) is 11.6 Å². The maximum atomic E-state index is 12.1. The molecule has 0 aliphatic heterocycles. The molecule has 0 aliphatic rings. The number of amides is 1. The van der Waals surface area contributed by atoms with Crippen LogP contribution < -0.4 is 14.8 Å². The largest absolute Gasteiger partial charge is 0.497 e. The molecule has 0 heterocycles. The molecule has 26 heavy (non-hydrogen) atoms. The zero-order valence-electron chi connectivity index (χ0n) is 15.0. The van der Waals surface area contributed by atoms with E-state index in [4.69, 9.17) is 32.7 Å². The Balaban J connectivity index is 1.90. The SMILES string of the molecule is COc1ccc([C@@H](CNC(=O)COc2ccc(Cl)cc2Cl)N(C)C)cc1. The van der Waals surface area contributed by atoms with Gasteiger partial charge in [-0.25, -0.2) is 0 Å². The summed E-state index contributed by atoms with van der Waals surface area (Å²) in [5.41, 5.74) is 1.08. The van der Waals surface area contributed by atoms with Gasteiger partial charge in [0.15, 0.2) is 6.61 Å². The number of benzene rings is 2. The highest BCUT2D eigenvalue weighted by molar-refractivity contribution is 6.35. The zero-order valence-corrected chi connectivity index (χ0v) is 16.5. The molecule has 0 fully saturated rings. The molecular formula is C19H22Cl2N2O3. The standard InChI is InChI=1S/C19H22Cl2N2O3/c1-23(2)17(13-4-7-15(25-3)8-5-13)11-22-19(24)12-26-18-9-6-14(20)10-16(18)21/h4-10,17H,11-12H2,1-3H3,(H,22,24)/t17-/m1/s1. The van der Waals surface area contributed by atoms with Crippen molar-refractivity contribution in [2.75, 3.05) is 34.4 Å². The molecule has 0 radical (unpaired) electrons. The van der Waals surface area contributed by atoms with Crippen LogP contribution in [0.5, 0.6) is 11.5 Å². The molecule has 0 bridgehead atoms. The lowest BCUT2D eigenvalue weighted by Crippen LogP contribution is -2.36. The van der Waals surface area contributed by atoms with Crippen LogP contribution in [0.4, 0.5) is 0 Å². The fourth-order valence-electron chi connectivity index (χ4n) is 2.42. The molecule has 1 N–H and O–H groups in total. The summed E-state index contributed by atoms with van der Waals surface area (Å²) < 4.78 is 10.6. The molecule has 0 aliphatic carbocycles. The second-order valence-electron chi connectivity index (χ2n) is 5.92. The summed E-state index contributed by atoms with van der Waals surface area (Å²) in [4.78, 5) is 14.2. The van der Waals surface area contributed by atoms with Gasteiger partial charge in [0.2, 0.25) is 0 Å². The predicted molar refractivity (Wildman–Crippen MR) is 104 cm³/mol. The summed E-state index contributed by atoms with van der Waals surface area (Å²) in [6.45, 7) is 0.333. The number of carbonyl (C=O) groups is 1. The number of methoxy groups -OCH3 is 1. The number of halogens is 2. The van der Waals surface area contributed by atoms with Gasteiger partial charge in [0.25, 0.3) is 5.91 Å². The van der Waals surface area contributed by atoms with Gasteiger partial charge in [0.05, 0.1) is 18.2 Å². The van der Waals surface area contributed by atoms with Crippen molar-refractivity contribution in [2.45, 2.75) is 6.04 Å². The van der Waals surface area contributed by atoms with E-state index in [-0.39, 0.29) is 18.6 Å². The van der Waals surface area contributed by atoms with Crippen LogP contribution in [0.2, 0.25) is 10.0 Å². The van der Waals surface area contributed by atoms with Crippen molar-refractivity contribution in [3.63, 3.8) is 0 Å². The Hall–Kier alpha value is -1.95. The molecule has 0 spiro atoms. The summed E-state index contributed by atoms with van der Waals surface area (Å²) in [5.74, 6) is 0.991. The molecule has 0 unspecified atom stereocenters. The third kappa shape index (κ3) is 5.80. The van der Waals surface area contributed by atoms with Gasteiger partial charge in [-0.1, -0.05) is 35.3 Å². The molecule has 7 heteroatoms. The van der Waals surface area contributed by atoms with E-state index in [1.807, 2.05) is 43.3 Å². The monoisotopic (exact) mass is 396 g/mol. The quantitative estimate of drug-likeness (QED) is 0.736. The summed E-state index contributed by atoms with van der Waals surface area (Å²) in [7, 11) is 5.56. The summed E-state index contributed by atoms with van der Waals surface area (Å²) >= 11 is 11.9. The summed E-state index contributed by atoms with van der Waals surface area (Å²) in [6, 6.07) is 12.7. The van der Waals surface area contributed by atoms with E-state index in [1.165, 1.54) is 0 Å². The van der Waals surface area contributed by atoms with Gasteiger partial charge in [-0.2, -0.15) is 0 Å². The van der Waals surface area contributed by atoms with Crippen molar-refractivity contribution in [3.8, 4) is 11.5 Å². The Labute approximate surface area is 163 Å². The number of hydrogen-bond acceptors (Lipinski definition) is 4. The van der Waals surface area contributed by atoms with Crippen LogP contribution in [0, 0.1) is 0 Å². The number of nitrogens with one attached hydrogen (secondary N) is 1. The maximum Gasteiger partial charge on any atom is 0.258 e. The molecular weight excluding hydrogens is 375 g/mol. The van der Waals surface area contributed by atoms with E-state index < -0.39 is 0 Å². The fourth-order valence-corrected chi connectivity index (χ4v) is 2.88. The van der Waals surface area contributed by atoms with Crippen LogP contribution in [-0.2, 0) is 4.79 Å². The van der Waals surface area contributed by atoms with Crippen molar-refractivity contribution in [2.24, 2.45) is 0 Å². The zero-order chi connectivity index (χ0) is 19.1. The Morgan fingerprint density at radius 1 is 1.15 bits per heavy atom. The van der Waals surface area contributed by atoms with E-state index in [0.29, 0.717) is 22.3 Å². The highest BCUT2D eigenvalue weighted by Crippen LogP contribution is 2.27. The van der Waals surface area contributed by atoms with Gasteiger partial charge in [0, 0.05) is 11.6 Å². The van der Waals surface area contributed by atoms with Crippen LogP contribution in [0.15, 0.2) is 42.5 Å². The minimum absolute atomic E-state index is 0.0315. The first kappa shape index (κ1) is 20.4. The Morgan fingerprint density at radius 3 is 2.42 bits per heavy atom. The molecule has 2 rings (SSSR count). The third-order valence-electron chi connectivity index (χ3n) is 3.87. The third-order valence-corrected chi connectivity index (χ3v) is 4.40. The maximum absolute atomic E-state index is 12.1. The molecule has 2 aromatic rings.